The van der Waals surface area contributed by atoms with E-state index in [0.717, 1.165) is 87.9 Å². The molecule has 0 radical (unpaired) electrons. The molecule has 8 rings (SSSR count). The Kier molecular flexibility index (Phi) is 7.85. The third-order valence-corrected chi connectivity index (χ3v) is 13.0. The van der Waals surface area contributed by atoms with E-state index < -0.39 is 16.6 Å². The molecule has 246 valence electrons. The van der Waals surface area contributed by atoms with E-state index in [4.69, 9.17) is 9.47 Å². The van der Waals surface area contributed by atoms with Gasteiger partial charge in [0.25, 0.3) is 0 Å². The second kappa shape index (κ2) is 12.3. The molecule has 0 aromatic heterocycles. The van der Waals surface area contributed by atoms with Crippen LogP contribution >= 0.6 is 0 Å². The maximum absolute atomic E-state index is 11.7. The predicted molar refractivity (Wildman–Crippen MR) is 213 cm³/mol. The number of para-hydroxylation sites is 2. The maximum atomic E-state index is 11.7. The molecular formula is C44H38O4Si2. The van der Waals surface area contributed by atoms with Crippen molar-refractivity contribution in [2.24, 2.45) is 0 Å². The molecule has 0 spiro atoms. The summed E-state index contributed by atoms with van der Waals surface area (Å²) in [5, 5.41) is 8.60. The van der Waals surface area contributed by atoms with E-state index in [-0.39, 0.29) is 0 Å². The van der Waals surface area contributed by atoms with Crippen LogP contribution in [0.15, 0.2) is 146 Å². The van der Waals surface area contributed by atoms with Gasteiger partial charge in [-0.25, -0.2) is 0 Å². The Morgan fingerprint density at radius 1 is 0.380 bits per heavy atom. The average Bonchev–Trinajstić information content (AvgIpc) is 3.11. The van der Waals surface area contributed by atoms with Crippen molar-refractivity contribution in [3.8, 4) is 45.3 Å². The predicted octanol–water partition coefficient (Wildman–Crippen LogP) is 10.3. The van der Waals surface area contributed by atoms with Crippen LogP contribution in [-0.4, -0.2) is 26.2 Å². The molecule has 50 heavy (non-hydrogen) atoms. The Bertz CT molecular complexity index is 2290. The van der Waals surface area contributed by atoms with Crippen LogP contribution in [0.2, 0.25) is 26.2 Å². The van der Waals surface area contributed by atoms with Gasteiger partial charge < -0.3 is 19.1 Å². The lowest BCUT2D eigenvalue weighted by Crippen LogP contribution is -2.42. The first-order chi connectivity index (χ1) is 24.0. The van der Waals surface area contributed by atoms with Crippen molar-refractivity contribution in [1.82, 2.24) is 0 Å². The van der Waals surface area contributed by atoms with Gasteiger partial charge in [0.15, 0.2) is 0 Å². The van der Waals surface area contributed by atoms with Crippen molar-refractivity contribution >= 4 is 59.3 Å². The first-order valence-corrected chi connectivity index (χ1v) is 22.8. The fraction of sp³-hybridized carbons (Fsp3) is 0.0909. The lowest BCUT2D eigenvalue weighted by Gasteiger charge is -2.26. The van der Waals surface area contributed by atoms with E-state index in [1.54, 1.807) is 0 Å². The summed E-state index contributed by atoms with van der Waals surface area (Å²) in [7, 11) is -5.59. The van der Waals surface area contributed by atoms with Crippen molar-refractivity contribution in [3.63, 3.8) is 0 Å². The van der Waals surface area contributed by atoms with Gasteiger partial charge in [0, 0.05) is 0 Å². The molecule has 0 aliphatic heterocycles. The molecule has 0 saturated carbocycles. The number of hydrogen-bond donors (Lipinski definition) is 2. The molecule has 8 aromatic rings. The second-order valence-corrected chi connectivity index (χ2v) is 21.3. The number of hydrogen-bond acceptors (Lipinski definition) is 4. The molecule has 0 bridgehead atoms. The fourth-order valence-corrected chi connectivity index (χ4v) is 9.87. The molecule has 0 aliphatic carbocycles. The van der Waals surface area contributed by atoms with Crippen LogP contribution in [0.1, 0.15) is 0 Å². The minimum atomic E-state index is -2.80. The van der Waals surface area contributed by atoms with Gasteiger partial charge in [-0.3, -0.25) is 0 Å². The zero-order valence-electron chi connectivity index (χ0n) is 28.6. The van der Waals surface area contributed by atoms with Crippen LogP contribution in [0.25, 0.3) is 54.6 Å². The molecule has 0 aliphatic rings. The molecule has 0 saturated heterocycles. The van der Waals surface area contributed by atoms with Gasteiger partial charge in [0.05, 0.1) is 0 Å². The van der Waals surface area contributed by atoms with Crippen LogP contribution in [0.4, 0.5) is 0 Å². The quantitative estimate of drug-likeness (QED) is 0.123. The van der Waals surface area contributed by atoms with Crippen molar-refractivity contribution < 1.29 is 19.1 Å². The first-order valence-electron chi connectivity index (χ1n) is 17.0. The van der Waals surface area contributed by atoms with Crippen molar-refractivity contribution in [3.05, 3.63) is 146 Å². The summed E-state index contributed by atoms with van der Waals surface area (Å²) in [5.41, 5.74) is 4.23. The standard InChI is InChI=1S/C44H38O4Si2/c1-49(2,45)41-27-39(29-15-19-33(20-16-29)47-31-11-7-5-8-12-31)35-24-26-38-42(50(3,4)46)28-40(36-23-25-37(41)43(35)44(36)38)30-17-21-34(22-18-30)48-32-13-9-6-10-14-32/h5-28,45-46H,1-4H3. The van der Waals surface area contributed by atoms with E-state index in [1.165, 1.54) is 0 Å². The van der Waals surface area contributed by atoms with Gasteiger partial charge in [0.2, 0.25) is 16.6 Å². The van der Waals surface area contributed by atoms with E-state index in [1.807, 2.05) is 111 Å². The molecule has 8 aromatic carbocycles. The van der Waals surface area contributed by atoms with Crippen LogP contribution in [0.3, 0.4) is 0 Å². The van der Waals surface area contributed by atoms with Gasteiger partial charge in [-0.15, -0.1) is 0 Å². The normalized spacial score (nSPS) is 12.2. The molecule has 0 amide bonds. The van der Waals surface area contributed by atoms with E-state index in [9.17, 15) is 9.59 Å². The summed E-state index contributed by atoms with van der Waals surface area (Å²) in [6.07, 6.45) is 0. The molecule has 0 heterocycles. The van der Waals surface area contributed by atoms with Crippen molar-refractivity contribution in [1.29, 1.82) is 0 Å². The van der Waals surface area contributed by atoms with E-state index in [0.29, 0.717) is 0 Å². The van der Waals surface area contributed by atoms with Crippen LogP contribution in [0, 0.1) is 0 Å². The third kappa shape index (κ3) is 5.86. The Labute approximate surface area is 294 Å². The second-order valence-electron chi connectivity index (χ2n) is 14.0. The number of ether oxygens (including phenoxy) is 2. The summed E-state index contributed by atoms with van der Waals surface area (Å²) in [6, 6.07) is 49.1. The molecule has 0 unspecified atom stereocenters. The van der Waals surface area contributed by atoms with Gasteiger partial charge in [-0.05, 0) is 140 Å². The maximum Gasteiger partial charge on any atom is 0.214 e. The topological polar surface area (TPSA) is 58.9 Å². The Morgan fingerprint density at radius 3 is 1.04 bits per heavy atom. The van der Waals surface area contributed by atoms with Gasteiger partial charge in [-0.1, -0.05) is 97.1 Å². The first kappa shape index (κ1) is 32.0. The number of rotatable bonds is 8. The molecule has 2 N–H and O–H groups in total. The lowest BCUT2D eigenvalue weighted by molar-refractivity contribution is 0.482. The smallest absolute Gasteiger partial charge is 0.214 e. The molecule has 0 fully saturated rings. The van der Waals surface area contributed by atoms with Gasteiger partial charge in [0.1, 0.15) is 23.0 Å². The highest BCUT2D eigenvalue weighted by Crippen LogP contribution is 2.43. The molecule has 4 nitrogen and oxygen atoms in total. The van der Waals surface area contributed by atoms with Crippen LogP contribution in [-0.2, 0) is 0 Å². The Balaban J connectivity index is 1.34. The molecule has 6 heteroatoms. The fourth-order valence-electron chi connectivity index (χ4n) is 7.14. The number of benzene rings is 8. The summed E-state index contributed by atoms with van der Waals surface area (Å²) in [6.45, 7) is 7.94. The SMILES string of the molecule is C[Si](C)(O)c1cc(-c2ccc(Oc3ccccc3)cc2)c2ccc3c([Si](C)(C)O)cc(-c4ccc(Oc5ccccc5)cc4)c4ccc1c2c43. The molecular weight excluding hydrogens is 649 g/mol. The summed E-state index contributed by atoms with van der Waals surface area (Å²) in [4.78, 5) is 23.4. The van der Waals surface area contributed by atoms with Gasteiger partial charge in [-0.2, -0.15) is 0 Å². The summed E-state index contributed by atoms with van der Waals surface area (Å²) < 4.78 is 12.2. The van der Waals surface area contributed by atoms with Crippen LogP contribution < -0.4 is 19.8 Å². The monoisotopic (exact) mass is 686 g/mol. The Morgan fingerprint density at radius 2 is 0.700 bits per heavy atom. The van der Waals surface area contributed by atoms with E-state index >= 15 is 0 Å². The zero-order chi connectivity index (χ0) is 34.6. The minimum Gasteiger partial charge on any atom is -0.457 e. The zero-order valence-corrected chi connectivity index (χ0v) is 30.6. The van der Waals surface area contributed by atoms with Gasteiger partial charge >= 0.3 is 0 Å². The highest BCUT2D eigenvalue weighted by atomic mass is 28.4. The largest absolute Gasteiger partial charge is 0.457 e. The third-order valence-electron chi connectivity index (χ3n) is 9.51. The Hall–Kier alpha value is -5.25. The minimum absolute atomic E-state index is 0.763. The average molecular weight is 687 g/mol. The summed E-state index contributed by atoms with van der Waals surface area (Å²) >= 11 is 0. The van der Waals surface area contributed by atoms with Crippen molar-refractivity contribution in [2.45, 2.75) is 26.2 Å². The highest BCUT2D eigenvalue weighted by molar-refractivity contribution is 6.86. The summed E-state index contributed by atoms with van der Waals surface area (Å²) in [5.74, 6) is 3.11. The van der Waals surface area contributed by atoms with E-state index in [2.05, 4.69) is 60.7 Å². The van der Waals surface area contributed by atoms with Crippen LogP contribution in [0.5, 0.6) is 23.0 Å². The highest BCUT2D eigenvalue weighted by Gasteiger charge is 2.30. The molecule has 0 atom stereocenters. The lowest BCUT2D eigenvalue weighted by atomic mass is 9.87. The van der Waals surface area contributed by atoms with Crippen molar-refractivity contribution in [2.75, 3.05) is 0 Å².